The number of ether oxygens (including phenoxy) is 1. The lowest BCUT2D eigenvalue weighted by Gasteiger charge is -2.37. The van der Waals surface area contributed by atoms with Crippen LogP contribution in [0.1, 0.15) is 63.3 Å². The molecule has 176 valence electrons. The van der Waals surface area contributed by atoms with E-state index in [1.807, 2.05) is 0 Å². The Morgan fingerprint density at radius 3 is 2.70 bits per heavy atom. The van der Waals surface area contributed by atoms with Gasteiger partial charge in [0.15, 0.2) is 0 Å². The number of fused-ring (bicyclic) bond motifs is 1. The predicted octanol–water partition coefficient (Wildman–Crippen LogP) is 4.00. The van der Waals surface area contributed by atoms with Crippen molar-refractivity contribution in [1.29, 1.82) is 0 Å². The summed E-state index contributed by atoms with van der Waals surface area (Å²) in [6, 6.07) is 7.34. The first-order valence-electron chi connectivity index (χ1n) is 12.3. The number of pyridine rings is 1. The first kappa shape index (κ1) is 22.1. The Bertz CT molecular complexity index is 1070. The number of rotatable bonds is 6. The van der Waals surface area contributed by atoms with Crippen molar-refractivity contribution in [3.63, 3.8) is 0 Å². The molecule has 0 spiro atoms. The highest BCUT2D eigenvalue weighted by Gasteiger charge is 2.25. The van der Waals surface area contributed by atoms with Crippen LogP contribution >= 0.6 is 0 Å². The van der Waals surface area contributed by atoms with Gasteiger partial charge in [-0.1, -0.05) is 13.0 Å². The van der Waals surface area contributed by atoms with E-state index in [0.717, 1.165) is 73.9 Å². The van der Waals surface area contributed by atoms with Crippen molar-refractivity contribution in [2.45, 2.75) is 64.1 Å². The zero-order chi connectivity index (χ0) is 22.8. The fourth-order valence-electron chi connectivity index (χ4n) is 5.30. The average molecular weight is 450 g/mol. The van der Waals surface area contributed by atoms with Crippen molar-refractivity contribution in [3.8, 4) is 0 Å². The zero-order valence-corrected chi connectivity index (χ0v) is 19.8. The summed E-state index contributed by atoms with van der Waals surface area (Å²) in [7, 11) is 0. The molecule has 3 aromatic rings. The van der Waals surface area contributed by atoms with E-state index in [4.69, 9.17) is 9.72 Å². The molecule has 5 rings (SSSR count). The Labute approximate surface area is 195 Å². The maximum atomic E-state index is 5.58. The molecule has 2 saturated heterocycles. The first-order chi connectivity index (χ1) is 16.1. The second-order valence-electron chi connectivity index (χ2n) is 9.48. The maximum absolute atomic E-state index is 5.58. The van der Waals surface area contributed by atoms with Gasteiger partial charge in [-0.25, -0.2) is 15.0 Å². The minimum absolute atomic E-state index is 0.0678. The van der Waals surface area contributed by atoms with Crippen LogP contribution in [0.5, 0.6) is 0 Å². The summed E-state index contributed by atoms with van der Waals surface area (Å²) in [5.74, 6) is 2.40. The van der Waals surface area contributed by atoms with Gasteiger partial charge in [-0.15, -0.1) is 0 Å². The van der Waals surface area contributed by atoms with Crippen LogP contribution in [0.3, 0.4) is 0 Å². The van der Waals surface area contributed by atoms with Crippen LogP contribution < -0.4 is 15.5 Å². The SMILES string of the molecule is CCC(Nc1ncnc2[nH]cc(C3CCOCC3)c12)c1cccc(N2C[C@@H](C)N[C@@H](C)C2)n1. The van der Waals surface area contributed by atoms with Gasteiger partial charge in [0, 0.05) is 44.6 Å². The molecule has 0 bridgehead atoms. The van der Waals surface area contributed by atoms with E-state index >= 15 is 0 Å². The van der Waals surface area contributed by atoms with E-state index in [1.165, 1.54) is 5.56 Å². The van der Waals surface area contributed by atoms with Gasteiger partial charge in [-0.05, 0) is 56.7 Å². The van der Waals surface area contributed by atoms with Gasteiger partial charge in [0.05, 0.1) is 17.1 Å². The number of aromatic amines is 1. The second-order valence-corrected chi connectivity index (χ2v) is 9.48. The van der Waals surface area contributed by atoms with Gasteiger partial charge >= 0.3 is 0 Å². The molecule has 8 heteroatoms. The van der Waals surface area contributed by atoms with Crippen molar-refractivity contribution in [3.05, 3.63) is 42.0 Å². The summed E-state index contributed by atoms with van der Waals surface area (Å²) < 4.78 is 5.58. The van der Waals surface area contributed by atoms with Crippen LogP contribution in [0.2, 0.25) is 0 Å². The zero-order valence-electron chi connectivity index (χ0n) is 19.8. The molecule has 1 unspecified atom stereocenters. The molecule has 33 heavy (non-hydrogen) atoms. The molecular formula is C25H35N7O. The molecule has 0 aliphatic carbocycles. The van der Waals surface area contributed by atoms with E-state index < -0.39 is 0 Å². The normalized spacial score (nSPS) is 23.1. The third-order valence-corrected chi connectivity index (χ3v) is 6.88. The molecule has 2 aliphatic rings. The molecule has 0 aromatic carbocycles. The van der Waals surface area contributed by atoms with Crippen molar-refractivity contribution in [2.75, 3.05) is 36.5 Å². The van der Waals surface area contributed by atoms with Gasteiger partial charge in [0.25, 0.3) is 0 Å². The summed E-state index contributed by atoms with van der Waals surface area (Å²) in [4.78, 5) is 20.0. The molecule has 3 atom stereocenters. The molecule has 5 heterocycles. The second kappa shape index (κ2) is 9.65. The van der Waals surface area contributed by atoms with Crippen LogP contribution in [0.4, 0.5) is 11.6 Å². The van der Waals surface area contributed by atoms with Crippen LogP contribution in [0.15, 0.2) is 30.7 Å². The molecular weight excluding hydrogens is 414 g/mol. The van der Waals surface area contributed by atoms with E-state index in [9.17, 15) is 0 Å². The number of H-pyrrole nitrogens is 1. The number of nitrogens with zero attached hydrogens (tertiary/aromatic N) is 4. The molecule has 2 aliphatic heterocycles. The quantitative estimate of drug-likeness (QED) is 0.524. The van der Waals surface area contributed by atoms with E-state index in [1.54, 1.807) is 6.33 Å². The third-order valence-electron chi connectivity index (χ3n) is 6.88. The van der Waals surface area contributed by atoms with Gasteiger partial charge in [0.1, 0.15) is 23.6 Å². The van der Waals surface area contributed by atoms with E-state index in [-0.39, 0.29) is 6.04 Å². The Morgan fingerprint density at radius 1 is 1.15 bits per heavy atom. The van der Waals surface area contributed by atoms with Crippen LogP contribution in [-0.4, -0.2) is 58.3 Å². The van der Waals surface area contributed by atoms with Gasteiger partial charge in [-0.3, -0.25) is 0 Å². The monoisotopic (exact) mass is 449 g/mol. The topological polar surface area (TPSA) is 91.0 Å². The highest BCUT2D eigenvalue weighted by Crippen LogP contribution is 2.36. The lowest BCUT2D eigenvalue weighted by Crippen LogP contribution is -2.54. The summed E-state index contributed by atoms with van der Waals surface area (Å²) in [6.45, 7) is 10.2. The Kier molecular flexibility index (Phi) is 6.46. The molecule has 2 fully saturated rings. The molecule has 3 N–H and O–H groups in total. The van der Waals surface area contributed by atoms with Crippen LogP contribution in [-0.2, 0) is 4.74 Å². The van der Waals surface area contributed by atoms with Crippen LogP contribution in [0.25, 0.3) is 11.0 Å². The number of aromatic nitrogens is 4. The predicted molar refractivity (Wildman–Crippen MR) is 132 cm³/mol. The fraction of sp³-hybridized carbons (Fsp3) is 0.560. The van der Waals surface area contributed by atoms with Crippen molar-refractivity contribution < 1.29 is 4.74 Å². The summed E-state index contributed by atoms with van der Waals surface area (Å²) in [5.41, 5.74) is 3.22. The largest absolute Gasteiger partial charge is 0.381 e. The highest BCUT2D eigenvalue weighted by atomic mass is 16.5. The summed E-state index contributed by atoms with van der Waals surface area (Å²) in [6.07, 6.45) is 6.71. The number of hydrogen-bond donors (Lipinski definition) is 3. The number of nitrogens with one attached hydrogen (secondary N) is 3. The Morgan fingerprint density at radius 2 is 1.94 bits per heavy atom. The highest BCUT2D eigenvalue weighted by molar-refractivity contribution is 5.91. The van der Waals surface area contributed by atoms with Gasteiger partial charge < -0.3 is 25.3 Å². The van der Waals surface area contributed by atoms with Crippen molar-refractivity contribution in [1.82, 2.24) is 25.3 Å². The smallest absolute Gasteiger partial charge is 0.143 e. The summed E-state index contributed by atoms with van der Waals surface area (Å²) in [5, 5.41) is 8.41. The van der Waals surface area contributed by atoms with Crippen LogP contribution in [0, 0.1) is 0 Å². The maximum Gasteiger partial charge on any atom is 0.143 e. The molecule has 0 radical (unpaired) electrons. The minimum Gasteiger partial charge on any atom is -0.381 e. The minimum atomic E-state index is 0.0678. The lowest BCUT2D eigenvalue weighted by molar-refractivity contribution is 0.0856. The van der Waals surface area contributed by atoms with Gasteiger partial charge in [0.2, 0.25) is 0 Å². The lowest BCUT2D eigenvalue weighted by atomic mass is 9.92. The van der Waals surface area contributed by atoms with Gasteiger partial charge in [-0.2, -0.15) is 0 Å². The molecule has 0 saturated carbocycles. The summed E-state index contributed by atoms with van der Waals surface area (Å²) >= 11 is 0. The number of anilines is 2. The van der Waals surface area contributed by atoms with Crippen molar-refractivity contribution >= 4 is 22.7 Å². The fourth-order valence-corrected chi connectivity index (χ4v) is 5.30. The standard InChI is InChI=1S/C25H35N7O/c1-4-20(21-6-5-7-22(30-21)32-13-16(2)29-17(3)14-32)31-25-23-19(18-8-10-33-11-9-18)12-26-24(23)27-15-28-25/h5-7,12,15-18,20,29H,4,8-11,13-14H2,1-3H3,(H2,26,27,28,31)/t16-,17+,20?. The Balaban J connectivity index is 1.42. The number of piperazine rings is 1. The first-order valence-corrected chi connectivity index (χ1v) is 12.3. The van der Waals surface area contributed by atoms with Crippen molar-refractivity contribution in [2.24, 2.45) is 0 Å². The van der Waals surface area contributed by atoms with E-state index in [2.05, 4.69) is 75.7 Å². The molecule has 3 aromatic heterocycles. The van der Waals surface area contributed by atoms with E-state index in [0.29, 0.717) is 18.0 Å². The molecule has 0 amide bonds. The average Bonchev–Trinajstić information content (AvgIpc) is 3.28. The number of hydrogen-bond acceptors (Lipinski definition) is 7. The third kappa shape index (κ3) is 4.68. The molecule has 8 nitrogen and oxygen atoms in total. The Hall–Kier alpha value is -2.71.